The van der Waals surface area contributed by atoms with E-state index in [4.69, 9.17) is 10.5 Å². The molecule has 1 aliphatic rings. The SMILES string of the molecule is N#CC(C#N)=Cc1cc(F)c(N2CCCCC2)cc1F. The van der Waals surface area contributed by atoms with Crippen molar-refractivity contribution in [3.05, 3.63) is 34.9 Å². The zero-order valence-electron chi connectivity index (χ0n) is 10.9. The molecule has 0 N–H and O–H groups in total. The molecule has 0 saturated carbocycles. The highest BCUT2D eigenvalue weighted by molar-refractivity contribution is 5.65. The number of allylic oxidation sites excluding steroid dienone is 1. The topological polar surface area (TPSA) is 50.8 Å². The second-order valence-electron chi connectivity index (χ2n) is 4.65. The summed E-state index contributed by atoms with van der Waals surface area (Å²) in [5, 5.41) is 17.3. The molecular weight excluding hydrogens is 260 g/mol. The number of benzene rings is 1. The zero-order chi connectivity index (χ0) is 14.5. The number of anilines is 1. The van der Waals surface area contributed by atoms with Crippen LogP contribution in [0.15, 0.2) is 17.7 Å². The molecule has 1 aromatic carbocycles. The third-order valence-corrected chi connectivity index (χ3v) is 3.30. The normalized spacial score (nSPS) is 14.3. The molecule has 0 aliphatic carbocycles. The van der Waals surface area contributed by atoms with Gasteiger partial charge in [0.1, 0.15) is 29.3 Å². The van der Waals surface area contributed by atoms with Crippen LogP contribution < -0.4 is 4.90 Å². The maximum Gasteiger partial charge on any atom is 0.147 e. The average Bonchev–Trinajstić information content (AvgIpc) is 2.48. The minimum Gasteiger partial charge on any atom is -0.369 e. The Morgan fingerprint density at radius 3 is 2.30 bits per heavy atom. The number of nitriles is 2. The largest absolute Gasteiger partial charge is 0.369 e. The molecule has 0 bridgehead atoms. The third kappa shape index (κ3) is 2.95. The van der Waals surface area contributed by atoms with Crippen molar-refractivity contribution in [3.63, 3.8) is 0 Å². The van der Waals surface area contributed by atoms with Crippen LogP contribution in [0.5, 0.6) is 0 Å². The molecule has 0 aromatic heterocycles. The van der Waals surface area contributed by atoms with Crippen molar-refractivity contribution in [3.8, 4) is 12.1 Å². The zero-order valence-corrected chi connectivity index (χ0v) is 10.9. The summed E-state index contributed by atoms with van der Waals surface area (Å²) in [5.74, 6) is -1.16. The van der Waals surface area contributed by atoms with Crippen LogP contribution in [0.2, 0.25) is 0 Å². The Morgan fingerprint density at radius 2 is 1.70 bits per heavy atom. The predicted octanol–water partition coefficient (Wildman–Crippen LogP) is 3.39. The molecule has 0 amide bonds. The minimum absolute atomic E-state index is 0.0821. The van der Waals surface area contributed by atoms with Crippen LogP contribution in [0.25, 0.3) is 6.08 Å². The maximum atomic E-state index is 14.1. The van der Waals surface area contributed by atoms with Crippen molar-refractivity contribution >= 4 is 11.8 Å². The fourth-order valence-corrected chi connectivity index (χ4v) is 2.28. The lowest BCUT2D eigenvalue weighted by atomic mass is 10.1. The highest BCUT2D eigenvalue weighted by Gasteiger charge is 2.17. The highest BCUT2D eigenvalue weighted by atomic mass is 19.1. The second-order valence-corrected chi connectivity index (χ2v) is 4.65. The van der Waals surface area contributed by atoms with Gasteiger partial charge in [0.25, 0.3) is 0 Å². The van der Waals surface area contributed by atoms with Crippen LogP contribution in [-0.4, -0.2) is 13.1 Å². The molecule has 1 aliphatic heterocycles. The van der Waals surface area contributed by atoms with Gasteiger partial charge in [-0.3, -0.25) is 0 Å². The lowest BCUT2D eigenvalue weighted by molar-refractivity contribution is 0.549. The van der Waals surface area contributed by atoms with Gasteiger partial charge in [-0.05, 0) is 31.4 Å². The number of hydrogen-bond donors (Lipinski definition) is 0. The smallest absolute Gasteiger partial charge is 0.147 e. The van der Waals surface area contributed by atoms with Crippen molar-refractivity contribution in [2.75, 3.05) is 18.0 Å². The van der Waals surface area contributed by atoms with Gasteiger partial charge in [-0.1, -0.05) is 0 Å². The highest BCUT2D eigenvalue weighted by Crippen LogP contribution is 2.27. The molecule has 1 aromatic rings. The summed E-state index contributed by atoms with van der Waals surface area (Å²) < 4.78 is 28.0. The molecule has 0 spiro atoms. The van der Waals surface area contributed by atoms with Gasteiger partial charge in [0.05, 0.1) is 5.69 Å². The van der Waals surface area contributed by atoms with Crippen molar-refractivity contribution in [2.24, 2.45) is 0 Å². The van der Waals surface area contributed by atoms with Crippen LogP contribution in [0, 0.1) is 34.3 Å². The van der Waals surface area contributed by atoms with Crippen molar-refractivity contribution in [1.29, 1.82) is 10.5 Å². The number of rotatable bonds is 2. The lowest BCUT2D eigenvalue weighted by Gasteiger charge is -2.29. The number of piperidine rings is 1. The molecule has 1 fully saturated rings. The van der Waals surface area contributed by atoms with Crippen LogP contribution in [0.1, 0.15) is 24.8 Å². The molecule has 3 nitrogen and oxygen atoms in total. The Morgan fingerprint density at radius 1 is 1.05 bits per heavy atom. The Bertz CT molecular complexity index is 601. The van der Waals surface area contributed by atoms with Gasteiger partial charge in [-0.2, -0.15) is 10.5 Å². The van der Waals surface area contributed by atoms with E-state index < -0.39 is 11.6 Å². The first-order chi connectivity index (χ1) is 9.65. The van der Waals surface area contributed by atoms with Crippen LogP contribution >= 0.6 is 0 Å². The van der Waals surface area contributed by atoms with E-state index in [0.717, 1.165) is 37.5 Å². The summed E-state index contributed by atoms with van der Waals surface area (Å²) in [6.45, 7) is 1.43. The van der Waals surface area contributed by atoms with E-state index in [-0.39, 0.29) is 16.8 Å². The van der Waals surface area contributed by atoms with Crippen molar-refractivity contribution in [1.82, 2.24) is 0 Å². The van der Waals surface area contributed by atoms with Gasteiger partial charge in [0.2, 0.25) is 0 Å². The summed E-state index contributed by atoms with van der Waals surface area (Å²) in [6.07, 6.45) is 4.10. The van der Waals surface area contributed by atoms with Gasteiger partial charge < -0.3 is 4.90 Å². The lowest BCUT2D eigenvalue weighted by Crippen LogP contribution is -2.30. The van der Waals surface area contributed by atoms with Gasteiger partial charge in [0.15, 0.2) is 0 Å². The Labute approximate surface area is 116 Å². The summed E-state index contributed by atoms with van der Waals surface area (Å²) in [4.78, 5) is 1.82. The van der Waals surface area contributed by atoms with Gasteiger partial charge in [0, 0.05) is 24.7 Å². The summed E-state index contributed by atoms with van der Waals surface area (Å²) >= 11 is 0. The van der Waals surface area contributed by atoms with E-state index in [9.17, 15) is 8.78 Å². The standard InChI is InChI=1S/C15H13F2N3/c16-13-8-15(20-4-2-1-3-5-20)14(17)7-12(13)6-11(9-18)10-19/h6-8H,1-5H2. The van der Waals surface area contributed by atoms with E-state index >= 15 is 0 Å². The Balaban J connectivity index is 2.36. The molecule has 0 atom stereocenters. The fraction of sp³-hybridized carbons (Fsp3) is 0.333. The van der Waals surface area contributed by atoms with Crippen molar-refractivity contribution < 1.29 is 8.78 Å². The number of halogens is 2. The first-order valence-electron chi connectivity index (χ1n) is 6.41. The van der Waals surface area contributed by atoms with E-state index in [1.54, 1.807) is 12.1 Å². The molecule has 20 heavy (non-hydrogen) atoms. The van der Waals surface area contributed by atoms with Gasteiger partial charge in [-0.15, -0.1) is 0 Å². The van der Waals surface area contributed by atoms with Gasteiger partial charge in [-0.25, -0.2) is 8.78 Å². The monoisotopic (exact) mass is 273 g/mol. The van der Waals surface area contributed by atoms with Crippen molar-refractivity contribution in [2.45, 2.75) is 19.3 Å². The predicted molar refractivity (Wildman–Crippen MR) is 71.6 cm³/mol. The quantitative estimate of drug-likeness (QED) is 0.776. The Hall–Kier alpha value is -2.40. The maximum absolute atomic E-state index is 14.1. The first kappa shape index (κ1) is 14.0. The summed E-state index contributed by atoms with van der Waals surface area (Å²) in [5.41, 5.74) is -0.0924. The molecular formula is C15H13F2N3. The van der Waals surface area contributed by atoms with Gasteiger partial charge >= 0.3 is 0 Å². The van der Waals surface area contributed by atoms with Crippen LogP contribution in [0.3, 0.4) is 0 Å². The number of hydrogen-bond acceptors (Lipinski definition) is 3. The summed E-state index contributed by atoms with van der Waals surface area (Å²) in [6, 6.07) is 5.42. The summed E-state index contributed by atoms with van der Waals surface area (Å²) in [7, 11) is 0. The molecule has 1 heterocycles. The second kappa shape index (κ2) is 6.16. The van der Waals surface area contributed by atoms with E-state index in [2.05, 4.69) is 0 Å². The number of nitrogens with zero attached hydrogens (tertiary/aromatic N) is 3. The minimum atomic E-state index is -0.630. The molecule has 102 valence electrons. The average molecular weight is 273 g/mol. The van der Waals surface area contributed by atoms with E-state index in [1.165, 1.54) is 0 Å². The fourth-order valence-electron chi connectivity index (χ4n) is 2.28. The molecule has 0 unspecified atom stereocenters. The molecule has 0 radical (unpaired) electrons. The van der Waals surface area contributed by atoms with Crippen LogP contribution in [-0.2, 0) is 0 Å². The van der Waals surface area contributed by atoms with E-state index in [0.29, 0.717) is 13.1 Å². The third-order valence-electron chi connectivity index (χ3n) is 3.30. The first-order valence-corrected chi connectivity index (χ1v) is 6.41. The molecule has 2 rings (SSSR count). The molecule has 1 saturated heterocycles. The van der Waals surface area contributed by atoms with E-state index in [1.807, 2.05) is 4.90 Å². The Kier molecular flexibility index (Phi) is 4.32. The van der Waals surface area contributed by atoms with Crippen LogP contribution in [0.4, 0.5) is 14.5 Å². The molecule has 5 heteroatoms.